The van der Waals surface area contributed by atoms with E-state index in [1.807, 2.05) is 0 Å². The quantitative estimate of drug-likeness (QED) is 0.151. The largest absolute Gasteiger partial charge is 0.310 e. The molecule has 0 saturated carbocycles. The third-order valence-electron chi connectivity index (χ3n) is 14.3. The molecule has 10 aromatic carbocycles. The normalized spacial score (nSPS) is 14.0. The summed E-state index contributed by atoms with van der Waals surface area (Å²) in [6.45, 7) is 9.48. The minimum atomic E-state index is -0.155. The fourth-order valence-corrected chi connectivity index (χ4v) is 11.2. The Bertz CT molecular complexity index is 3440. The molecule has 0 aromatic heterocycles. The van der Waals surface area contributed by atoms with Crippen LogP contribution in [0.2, 0.25) is 0 Å². The lowest BCUT2D eigenvalue weighted by Crippen LogP contribution is -2.17. The highest BCUT2D eigenvalue weighted by atomic mass is 15.1. The smallest absolute Gasteiger partial charge is 0.0540 e. The SMILES string of the molecule is CC1(C)c2ccccc2-c2ccc(-c3ccc(N(c4ccc(-c5cc6ccccc6c6ccccc56)cc4)c4ccccc4-c4cccc5c4C(C)(C)c4ccccc4-5)cc3)cc21. The molecular weight excluding hydrogens is 759 g/mol. The maximum Gasteiger partial charge on any atom is 0.0540 e. The van der Waals surface area contributed by atoms with Gasteiger partial charge in [-0.2, -0.15) is 0 Å². The minimum Gasteiger partial charge on any atom is -0.310 e. The number of anilines is 3. The number of nitrogens with zero attached hydrogens (tertiary/aromatic N) is 1. The van der Waals surface area contributed by atoms with Gasteiger partial charge in [-0.3, -0.25) is 0 Å². The molecule has 0 N–H and O–H groups in total. The summed E-state index contributed by atoms with van der Waals surface area (Å²) >= 11 is 0. The highest BCUT2D eigenvalue weighted by molar-refractivity contribution is 6.13. The van der Waals surface area contributed by atoms with Crippen LogP contribution >= 0.6 is 0 Å². The van der Waals surface area contributed by atoms with Crippen LogP contribution in [0.5, 0.6) is 0 Å². The van der Waals surface area contributed by atoms with Crippen LogP contribution in [0, 0.1) is 0 Å². The van der Waals surface area contributed by atoms with E-state index >= 15 is 0 Å². The minimum absolute atomic E-state index is 0.0543. The summed E-state index contributed by atoms with van der Waals surface area (Å²) < 4.78 is 0. The molecule has 0 saturated heterocycles. The van der Waals surface area contributed by atoms with Crippen molar-refractivity contribution in [1.29, 1.82) is 0 Å². The molecule has 0 fully saturated rings. The van der Waals surface area contributed by atoms with Crippen LogP contribution in [-0.2, 0) is 10.8 Å². The Morgan fingerprint density at radius 3 is 1.51 bits per heavy atom. The van der Waals surface area contributed by atoms with Gasteiger partial charge in [0.15, 0.2) is 0 Å². The van der Waals surface area contributed by atoms with Crippen molar-refractivity contribution < 1.29 is 0 Å². The Labute approximate surface area is 370 Å². The monoisotopic (exact) mass is 805 g/mol. The van der Waals surface area contributed by atoms with Crippen molar-refractivity contribution in [2.45, 2.75) is 38.5 Å². The van der Waals surface area contributed by atoms with E-state index in [2.05, 4.69) is 245 Å². The van der Waals surface area contributed by atoms with Gasteiger partial charge in [0.2, 0.25) is 0 Å². The highest BCUT2D eigenvalue weighted by Gasteiger charge is 2.38. The molecule has 0 amide bonds. The lowest BCUT2D eigenvalue weighted by atomic mass is 9.78. The Morgan fingerprint density at radius 1 is 0.302 bits per heavy atom. The van der Waals surface area contributed by atoms with Crippen LogP contribution in [0.15, 0.2) is 212 Å². The summed E-state index contributed by atoms with van der Waals surface area (Å²) in [5, 5.41) is 5.08. The maximum atomic E-state index is 2.46. The molecular formula is C62H47N. The zero-order valence-electron chi connectivity index (χ0n) is 36.2. The summed E-state index contributed by atoms with van der Waals surface area (Å²) in [6, 6.07) is 79.0. The van der Waals surface area contributed by atoms with Gasteiger partial charge in [0.05, 0.1) is 5.69 Å². The number of fused-ring (bicyclic) bond motifs is 9. The van der Waals surface area contributed by atoms with Gasteiger partial charge in [0.25, 0.3) is 0 Å². The van der Waals surface area contributed by atoms with Crippen LogP contribution in [0.4, 0.5) is 17.1 Å². The Morgan fingerprint density at radius 2 is 0.794 bits per heavy atom. The number of para-hydroxylation sites is 1. The molecule has 0 aliphatic heterocycles. The fourth-order valence-electron chi connectivity index (χ4n) is 11.2. The average Bonchev–Trinajstić information content (AvgIpc) is 3.71. The molecule has 12 rings (SSSR count). The van der Waals surface area contributed by atoms with E-state index in [-0.39, 0.29) is 10.8 Å². The van der Waals surface area contributed by atoms with Crippen molar-refractivity contribution in [1.82, 2.24) is 0 Å². The van der Waals surface area contributed by atoms with Crippen molar-refractivity contribution in [3.8, 4) is 55.6 Å². The fraction of sp³-hybridized carbons (Fsp3) is 0.0968. The molecule has 1 heteroatoms. The molecule has 2 aliphatic rings. The predicted octanol–water partition coefficient (Wildman–Crippen LogP) is 17.1. The van der Waals surface area contributed by atoms with Crippen molar-refractivity contribution in [3.05, 3.63) is 235 Å². The average molecular weight is 806 g/mol. The third-order valence-corrected chi connectivity index (χ3v) is 14.3. The topological polar surface area (TPSA) is 3.24 Å². The molecule has 10 aromatic rings. The van der Waals surface area contributed by atoms with Crippen LogP contribution in [-0.4, -0.2) is 0 Å². The van der Waals surface area contributed by atoms with Crippen molar-refractivity contribution >= 4 is 38.6 Å². The van der Waals surface area contributed by atoms with Gasteiger partial charge in [-0.15, -0.1) is 0 Å². The van der Waals surface area contributed by atoms with E-state index in [9.17, 15) is 0 Å². The zero-order chi connectivity index (χ0) is 42.5. The van der Waals surface area contributed by atoms with E-state index in [0.717, 1.165) is 17.1 Å². The number of hydrogen-bond acceptors (Lipinski definition) is 1. The second-order valence-corrected chi connectivity index (χ2v) is 18.5. The second kappa shape index (κ2) is 14.0. The van der Waals surface area contributed by atoms with E-state index in [4.69, 9.17) is 0 Å². The van der Waals surface area contributed by atoms with Crippen molar-refractivity contribution in [2.75, 3.05) is 4.90 Å². The standard InChI is InChI=1S/C62H47N/c1-61(2)56-25-12-9-20-49(56)51-37-32-42(39-58(51)61)40-28-33-44(34-29-40)63(45-35-30-41(31-36-45)55-38-43-16-5-6-17-46(43)47-18-7-8-19-48(47)55)59-27-14-11-22-52(59)54-24-15-23-53-50-21-10-13-26-57(50)62(3,4)60(53)54/h5-39H,1-4H3. The Balaban J connectivity index is 1.00. The predicted molar refractivity (Wildman–Crippen MR) is 268 cm³/mol. The summed E-state index contributed by atoms with van der Waals surface area (Å²) in [6.07, 6.45) is 0. The van der Waals surface area contributed by atoms with Gasteiger partial charge in [0, 0.05) is 27.8 Å². The Kier molecular flexibility index (Phi) is 8.30. The lowest BCUT2D eigenvalue weighted by molar-refractivity contribution is 0.660. The summed E-state index contributed by atoms with van der Waals surface area (Å²) in [4.78, 5) is 2.46. The van der Waals surface area contributed by atoms with Gasteiger partial charge in [-0.1, -0.05) is 198 Å². The summed E-state index contributed by atoms with van der Waals surface area (Å²) in [5.41, 5.74) is 21.4. The third kappa shape index (κ3) is 5.69. The van der Waals surface area contributed by atoms with Gasteiger partial charge >= 0.3 is 0 Å². The molecule has 0 unspecified atom stereocenters. The number of rotatable bonds is 6. The summed E-state index contributed by atoms with van der Waals surface area (Å²) in [5.74, 6) is 0. The molecule has 1 nitrogen and oxygen atoms in total. The lowest BCUT2D eigenvalue weighted by Gasteiger charge is -2.30. The zero-order valence-corrected chi connectivity index (χ0v) is 36.2. The van der Waals surface area contributed by atoms with Gasteiger partial charge in [0.1, 0.15) is 0 Å². The van der Waals surface area contributed by atoms with E-state index in [1.165, 1.54) is 99.4 Å². The second-order valence-electron chi connectivity index (χ2n) is 18.5. The van der Waals surface area contributed by atoms with E-state index in [0.29, 0.717) is 0 Å². The summed E-state index contributed by atoms with van der Waals surface area (Å²) in [7, 11) is 0. The first-order valence-electron chi connectivity index (χ1n) is 22.3. The van der Waals surface area contributed by atoms with Gasteiger partial charge in [-0.05, 0) is 136 Å². The number of benzene rings is 10. The molecule has 0 atom stereocenters. The maximum absolute atomic E-state index is 2.46. The molecule has 0 spiro atoms. The molecule has 0 bridgehead atoms. The van der Waals surface area contributed by atoms with Crippen LogP contribution < -0.4 is 4.90 Å². The molecule has 0 radical (unpaired) electrons. The van der Waals surface area contributed by atoms with Gasteiger partial charge < -0.3 is 4.90 Å². The first-order chi connectivity index (χ1) is 30.8. The van der Waals surface area contributed by atoms with Crippen LogP contribution in [0.25, 0.3) is 77.2 Å². The number of hydrogen-bond donors (Lipinski definition) is 0. The van der Waals surface area contributed by atoms with Crippen LogP contribution in [0.1, 0.15) is 49.9 Å². The molecule has 2 aliphatic carbocycles. The van der Waals surface area contributed by atoms with E-state index < -0.39 is 0 Å². The van der Waals surface area contributed by atoms with Crippen molar-refractivity contribution in [2.24, 2.45) is 0 Å². The molecule has 63 heavy (non-hydrogen) atoms. The first-order valence-corrected chi connectivity index (χ1v) is 22.3. The van der Waals surface area contributed by atoms with E-state index in [1.54, 1.807) is 0 Å². The molecule has 0 heterocycles. The first kappa shape index (κ1) is 37.3. The van der Waals surface area contributed by atoms with Crippen molar-refractivity contribution in [3.63, 3.8) is 0 Å². The highest BCUT2D eigenvalue weighted by Crippen LogP contribution is 2.54. The van der Waals surface area contributed by atoms with Gasteiger partial charge in [-0.25, -0.2) is 0 Å². The Hall–Kier alpha value is -7.48. The van der Waals surface area contributed by atoms with Crippen LogP contribution in [0.3, 0.4) is 0 Å². The molecule has 300 valence electrons.